The van der Waals surface area contributed by atoms with E-state index >= 15 is 0 Å². The second-order valence-corrected chi connectivity index (χ2v) is 7.16. The van der Waals surface area contributed by atoms with E-state index in [1.807, 2.05) is 6.92 Å². The van der Waals surface area contributed by atoms with Crippen molar-refractivity contribution in [2.24, 2.45) is 5.92 Å². The van der Waals surface area contributed by atoms with Gasteiger partial charge in [-0.25, -0.2) is 8.42 Å². The second kappa shape index (κ2) is 6.20. The van der Waals surface area contributed by atoms with Crippen LogP contribution in [0.4, 0.5) is 0 Å². The van der Waals surface area contributed by atoms with E-state index in [0.29, 0.717) is 0 Å². The molecule has 2 nitrogen and oxygen atoms in total. The molecule has 0 aromatic heterocycles. The van der Waals surface area contributed by atoms with Crippen LogP contribution < -0.4 is 0 Å². The van der Waals surface area contributed by atoms with Crippen LogP contribution in [-0.2, 0) is 22.7 Å². The normalized spacial score (nSPS) is 13.6. The lowest BCUT2D eigenvalue weighted by Gasteiger charge is -2.11. The maximum Gasteiger partial charge on any atom is 0.147 e. The van der Waals surface area contributed by atoms with Crippen LogP contribution in [-0.4, -0.2) is 20.4 Å². The zero-order valence-electron chi connectivity index (χ0n) is 10.9. The Kier molecular flexibility index (Phi) is 5.19. The van der Waals surface area contributed by atoms with Gasteiger partial charge in [-0.15, -0.1) is 0 Å². The molecule has 0 saturated carbocycles. The van der Waals surface area contributed by atoms with Gasteiger partial charge in [-0.3, -0.25) is 0 Å². The predicted octanol–water partition coefficient (Wildman–Crippen LogP) is 2.86. The standard InChI is InChI=1S/C14H22O2S/c1-4-6-13-7-5-8-14(10-13)9-12(2)11-17(3,15)16/h5,7-8,10,12H,4,6,9,11H2,1-3H3. The van der Waals surface area contributed by atoms with Gasteiger partial charge < -0.3 is 0 Å². The van der Waals surface area contributed by atoms with E-state index < -0.39 is 9.84 Å². The SMILES string of the molecule is CCCc1cccc(CC(C)CS(C)(=O)=O)c1. The summed E-state index contributed by atoms with van der Waals surface area (Å²) in [6.07, 6.45) is 4.37. The van der Waals surface area contributed by atoms with E-state index in [1.54, 1.807) is 0 Å². The molecule has 0 aliphatic rings. The molecule has 0 fully saturated rings. The number of aryl methyl sites for hydroxylation is 1. The van der Waals surface area contributed by atoms with E-state index in [1.165, 1.54) is 17.4 Å². The van der Waals surface area contributed by atoms with Gasteiger partial charge in [0.1, 0.15) is 9.84 Å². The molecule has 0 aliphatic heterocycles. The molecule has 96 valence electrons. The Balaban J connectivity index is 2.65. The molecule has 0 spiro atoms. The summed E-state index contributed by atoms with van der Waals surface area (Å²) in [7, 11) is -2.86. The summed E-state index contributed by atoms with van der Waals surface area (Å²) < 4.78 is 22.4. The lowest BCUT2D eigenvalue weighted by atomic mass is 9.99. The molecule has 1 atom stereocenters. The number of benzene rings is 1. The first kappa shape index (κ1) is 14.2. The minimum atomic E-state index is -2.86. The van der Waals surface area contributed by atoms with Crippen molar-refractivity contribution in [1.29, 1.82) is 0 Å². The van der Waals surface area contributed by atoms with Crippen LogP contribution in [0.1, 0.15) is 31.4 Å². The number of hydrogen-bond donors (Lipinski definition) is 0. The highest BCUT2D eigenvalue weighted by Crippen LogP contribution is 2.13. The fourth-order valence-electron chi connectivity index (χ4n) is 2.18. The number of sulfone groups is 1. The van der Waals surface area contributed by atoms with Crippen molar-refractivity contribution in [3.63, 3.8) is 0 Å². The third-order valence-electron chi connectivity index (χ3n) is 2.70. The van der Waals surface area contributed by atoms with Crippen LogP contribution in [0.15, 0.2) is 24.3 Å². The summed E-state index contributed by atoms with van der Waals surface area (Å²) in [6, 6.07) is 8.47. The second-order valence-electron chi connectivity index (χ2n) is 4.97. The third kappa shape index (κ3) is 5.87. The van der Waals surface area contributed by atoms with Crippen LogP contribution in [0.3, 0.4) is 0 Å². The van der Waals surface area contributed by atoms with Crippen molar-refractivity contribution >= 4 is 9.84 Å². The largest absolute Gasteiger partial charge is 0.229 e. The fraction of sp³-hybridized carbons (Fsp3) is 0.571. The number of rotatable bonds is 6. The van der Waals surface area contributed by atoms with Crippen LogP contribution >= 0.6 is 0 Å². The van der Waals surface area contributed by atoms with E-state index in [4.69, 9.17) is 0 Å². The molecule has 0 heterocycles. The Morgan fingerprint density at radius 1 is 1.24 bits per heavy atom. The van der Waals surface area contributed by atoms with Crippen molar-refractivity contribution < 1.29 is 8.42 Å². The summed E-state index contributed by atoms with van der Waals surface area (Å²) in [4.78, 5) is 0. The minimum Gasteiger partial charge on any atom is -0.229 e. The Morgan fingerprint density at radius 3 is 2.47 bits per heavy atom. The minimum absolute atomic E-state index is 0.182. The highest BCUT2D eigenvalue weighted by Gasteiger charge is 2.11. The zero-order valence-corrected chi connectivity index (χ0v) is 11.8. The summed E-state index contributed by atoms with van der Waals surface area (Å²) in [5.41, 5.74) is 2.59. The van der Waals surface area contributed by atoms with Gasteiger partial charge in [0, 0.05) is 6.26 Å². The molecule has 1 aromatic rings. The van der Waals surface area contributed by atoms with Crippen LogP contribution in [0, 0.1) is 5.92 Å². The molecule has 0 N–H and O–H groups in total. The fourth-order valence-corrected chi connectivity index (χ4v) is 3.33. The average Bonchev–Trinajstić information content (AvgIpc) is 2.15. The monoisotopic (exact) mass is 254 g/mol. The predicted molar refractivity (Wildman–Crippen MR) is 73.0 cm³/mol. The van der Waals surface area contributed by atoms with E-state index in [9.17, 15) is 8.42 Å². The maximum atomic E-state index is 11.2. The van der Waals surface area contributed by atoms with Gasteiger partial charge in [0.05, 0.1) is 5.75 Å². The smallest absolute Gasteiger partial charge is 0.147 e. The first-order valence-corrected chi connectivity index (χ1v) is 8.22. The molecule has 0 saturated heterocycles. The Morgan fingerprint density at radius 2 is 1.88 bits per heavy atom. The Bertz CT molecular complexity index is 449. The van der Waals surface area contributed by atoms with Crippen molar-refractivity contribution in [3.8, 4) is 0 Å². The molecule has 1 unspecified atom stereocenters. The number of hydrogen-bond acceptors (Lipinski definition) is 2. The van der Waals surface area contributed by atoms with E-state index in [2.05, 4.69) is 31.2 Å². The summed E-state index contributed by atoms with van der Waals surface area (Å²) in [6.45, 7) is 4.16. The van der Waals surface area contributed by atoms with Crippen molar-refractivity contribution in [3.05, 3.63) is 35.4 Å². The molecule has 17 heavy (non-hydrogen) atoms. The first-order chi connectivity index (χ1) is 7.90. The summed E-state index contributed by atoms with van der Waals surface area (Å²) >= 11 is 0. The van der Waals surface area contributed by atoms with Gasteiger partial charge >= 0.3 is 0 Å². The molecule has 0 bridgehead atoms. The van der Waals surface area contributed by atoms with Gasteiger partial charge in [-0.05, 0) is 29.9 Å². The molecule has 0 amide bonds. The molecule has 1 aromatic carbocycles. The van der Waals surface area contributed by atoms with Gasteiger partial charge in [0.2, 0.25) is 0 Å². The molecule has 3 heteroatoms. The third-order valence-corrected chi connectivity index (χ3v) is 3.88. The van der Waals surface area contributed by atoms with Gasteiger partial charge in [0.15, 0.2) is 0 Å². The zero-order chi connectivity index (χ0) is 12.9. The van der Waals surface area contributed by atoms with Crippen molar-refractivity contribution in [2.75, 3.05) is 12.0 Å². The van der Waals surface area contributed by atoms with Crippen molar-refractivity contribution in [1.82, 2.24) is 0 Å². The van der Waals surface area contributed by atoms with E-state index in [0.717, 1.165) is 19.3 Å². The highest BCUT2D eigenvalue weighted by molar-refractivity contribution is 7.90. The average molecular weight is 254 g/mol. The molecule has 1 rings (SSSR count). The molecule has 0 aliphatic carbocycles. The summed E-state index contributed by atoms with van der Waals surface area (Å²) in [5, 5.41) is 0. The van der Waals surface area contributed by atoms with Gasteiger partial charge in [-0.2, -0.15) is 0 Å². The molecular weight excluding hydrogens is 232 g/mol. The Labute approximate surface area is 105 Å². The van der Waals surface area contributed by atoms with Crippen LogP contribution in [0.2, 0.25) is 0 Å². The Hall–Kier alpha value is -0.830. The molecular formula is C14H22O2S. The maximum absolute atomic E-state index is 11.2. The van der Waals surface area contributed by atoms with E-state index in [-0.39, 0.29) is 11.7 Å². The highest BCUT2D eigenvalue weighted by atomic mass is 32.2. The molecule has 0 radical (unpaired) electrons. The lowest BCUT2D eigenvalue weighted by Crippen LogP contribution is -2.14. The first-order valence-electron chi connectivity index (χ1n) is 6.16. The van der Waals surface area contributed by atoms with Crippen molar-refractivity contribution in [2.45, 2.75) is 33.1 Å². The van der Waals surface area contributed by atoms with Gasteiger partial charge in [0.25, 0.3) is 0 Å². The topological polar surface area (TPSA) is 34.1 Å². The lowest BCUT2D eigenvalue weighted by molar-refractivity contribution is 0.575. The van der Waals surface area contributed by atoms with Gasteiger partial charge in [-0.1, -0.05) is 44.5 Å². The quantitative estimate of drug-likeness (QED) is 0.782. The van der Waals surface area contributed by atoms with Crippen LogP contribution in [0.5, 0.6) is 0 Å². The summed E-state index contributed by atoms with van der Waals surface area (Å²) in [5.74, 6) is 0.451. The van der Waals surface area contributed by atoms with Crippen LogP contribution in [0.25, 0.3) is 0 Å².